The van der Waals surface area contributed by atoms with Crippen molar-refractivity contribution >= 4 is 29.9 Å². The third kappa shape index (κ3) is 7.94. The monoisotopic (exact) mass is 487 g/mol. The molecule has 1 saturated heterocycles. The first-order valence-corrected chi connectivity index (χ1v) is 8.23. The number of hydrogen-bond donors (Lipinski definition) is 2. The number of guanidine groups is 1. The highest BCUT2D eigenvalue weighted by atomic mass is 127. The van der Waals surface area contributed by atoms with Gasteiger partial charge in [0.2, 0.25) is 5.88 Å². The number of likely N-dealkylation sites (tertiary alicyclic amines) is 1. The molecule has 0 aromatic carbocycles. The molecule has 0 spiro atoms. The molecule has 1 atom stereocenters. The summed E-state index contributed by atoms with van der Waals surface area (Å²) in [6, 6.07) is 3.65. The van der Waals surface area contributed by atoms with E-state index in [1.165, 1.54) is 4.90 Å². The SMILES string of the molecule is CCOc1cc(CNC(=NC)NC2CCN(CC(F)(F)F)C2)ccn1.I. The van der Waals surface area contributed by atoms with Crippen molar-refractivity contribution in [3.05, 3.63) is 23.9 Å². The van der Waals surface area contributed by atoms with Crippen molar-refractivity contribution in [1.82, 2.24) is 20.5 Å². The molecule has 1 unspecified atom stereocenters. The molecule has 1 aromatic heterocycles. The van der Waals surface area contributed by atoms with Crippen molar-refractivity contribution in [1.29, 1.82) is 0 Å². The normalized spacial score (nSPS) is 18.3. The lowest BCUT2D eigenvalue weighted by molar-refractivity contribution is -0.143. The van der Waals surface area contributed by atoms with Crippen LogP contribution in [0.15, 0.2) is 23.3 Å². The summed E-state index contributed by atoms with van der Waals surface area (Å²) in [6.45, 7) is 2.86. The van der Waals surface area contributed by atoms with Gasteiger partial charge in [-0.25, -0.2) is 4.98 Å². The van der Waals surface area contributed by atoms with E-state index in [0.29, 0.717) is 44.5 Å². The van der Waals surface area contributed by atoms with Crippen LogP contribution in [0.2, 0.25) is 0 Å². The average molecular weight is 487 g/mol. The molecule has 2 N–H and O–H groups in total. The van der Waals surface area contributed by atoms with Gasteiger partial charge in [-0.15, -0.1) is 24.0 Å². The number of ether oxygens (including phenoxy) is 1. The second-order valence-corrected chi connectivity index (χ2v) is 5.84. The summed E-state index contributed by atoms with van der Waals surface area (Å²) in [5.74, 6) is 1.12. The Hall–Kier alpha value is -1.30. The molecule has 0 aliphatic carbocycles. The van der Waals surface area contributed by atoms with Crippen LogP contribution in [0, 0.1) is 0 Å². The Labute approximate surface area is 168 Å². The number of pyridine rings is 1. The molecule has 0 amide bonds. The zero-order valence-corrected chi connectivity index (χ0v) is 17.2. The fraction of sp³-hybridized carbons (Fsp3) is 0.625. The Bertz CT molecular complexity index is 585. The lowest BCUT2D eigenvalue weighted by Crippen LogP contribution is -2.44. The second-order valence-electron chi connectivity index (χ2n) is 5.84. The van der Waals surface area contributed by atoms with Gasteiger partial charge in [0.05, 0.1) is 13.2 Å². The topological polar surface area (TPSA) is 61.8 Å². The van der Waals surface area contributed by atoms with E-state index in [2.05, 4.69) is 20.6 Å². The second kappa shape index (κ2) is 10.8. The molecule has 2 heterocycles. The van der Waals surface area contributed by atoms with E-state index < -0.39 is 12.7 Å². The summed E-state index contributed by atoms with van der Waals surface area (Å²) in [6.07, 6.45) is -1.83. The van der Waals surface area contributed by atoms with Gasteiger partial charge >= 0.3 is 6.18 Å². The van der Waals surface area contributed by atoms with E-state index in [0.717, 1.165) is 5.56 Å². The van der Waals surface area contributed by atoms with E-state index in [1.54, 1.807) is 13.2 Å². The minimum Gasteiger partial charge on any atom is -0.478 e. The highest BCUT2D eigenvalue weighted by molar-refractivity contribution is 14.0. The smallest absolute Gasteiger partial charge is 0.401 e. The van der Waals surface area contributed by atoms with Crippen LogP contribution in [-0.2, 0) is 6.54 Å². The number of aromatic nitrogens is 1. The number of rotatable bonds is 6. The fourth-order valence-corrected chi connectivity index (χ4v) is 2.71. The maximum atomic E-state index is 12.4. The van der Waals surface area contributed by atoms with E-state index in [-0.39, 0.29) is 30.0 Å². The fourth-order valence-electron chi connectivity index (χ4n) is 2.71. The number of nitrogens with one attached hydrogen (secondary N) is 2. The van der Waals surface area contributed by atoms with Crippen LogP contribution in [0.3, 0.4) is 0 Å². The van der Waals surface area contributed by atoms with Gasteiger partial charge < -0.3 is 15.4 Å². The molecule has 26 heavy (non-hydrogen) atoms. The third-order valence-electron chi connectivity index (χ3n) is 3.79. The van der Waals surface area contributed by atoms with Crippen molar-refractivity contribution in [3.63, 3.8) is 0 Å². The van der Waals surface area contributed by atoms with Crippen LogP contribution in [0.4, 0.5) is 13.2 Å². The van der Waals surface area contributed by atoms with Crippen molar-refractivity contribution in [3.8, 4) is 5.88 Å². The van der Waals surface area contributed by atoms with E-state index in [4.69, 9.17) is 4.74 Å². The van der Waals surface area contributed by atoms with Crippen molar-refractivity contribution in [2.24, 2.45) is 4.99 Å². The summed E-state index contributed by atoms with van der Waals surface area (Å²) in [5.41, 5.74) is 0.978. The molecule has 148 valence electrons. The molecule has 2 rings (SSSR count). The Morgan fingerprint density at radius 3 is 2.88 bits per heavy atom. The van der Waals surface area contributed by atoms with Crippen LogP contribution < -0.4 is 15.4 Å². The molecule has 0 radical (unpaired) electrons. The van der Waals surface area contributed by atoms with Gasteiger partial charge in [0.15, 0.2) is 5.96 Å². The van der Waals surface area contributed by atoms with Crippen LogP contribution in [0.25, 0.3) is 0 Å². The first-order valence-electron chi connectivity index (χ1n) is 8.23. The molecule has 10 heteroatoms. The lowest BCUT2D eigenvalue weighted by atomic mass is 10.2. The first-order chi connectivity index (χ1) is 11.9. The van der Waals surface area contributed by atoms with Gasteiger partial charge in [0.1, 0.15) is 0 Å². The molecule has 6 nitrogen and oxygen atoms in total. The standard InChI is InChI=1S/C16H24F3N5O.HI/c1-3-25-14-8-12(4-6-21-14)9-22-15(20-2)23-13-5-7-24(10-13)11-16(17,18)19;/h4,6,8,13H,3,5,7,9-11H2,1-2H3,(H2,20,22,23);1H. The average Bonchev–Trinajstić information content (AvgIpc) is 2.97. The Kier molecular flexibility index (Phi) is 9.41. The van der Waals surface area contributed by atoms with Crippen LogP contribution >= 0.6 is 24.0 Å². The van der Waals surface area contributed by atoms with E-state index in [1.807, 2.05) is 19.1 Å². The molecular weight excluding hydrogens is 462 g/mol. The molecule has 1 aliphatic heterocycles. The minimum absolute atomic E-state index is 0. The zero-order chi connectivity index (χ0) is 18.3. The summed E-state index contributed by atoms with van der Waals surface area (Å²) in [4.78, 5) is 9.64. The van der Waals surface area contributed by atoms with Crippen LogP contribution in [0.1, 0.15) is 18.9 Å². The van der Waals surface area contributed by atoms with Gasteiger partial charge in [0, 0.05) is 45.0 Å². The predicted octanol–water partition coefficient (Wildman–Crippen LogP) is 2.40. The summed E-state index contributed by atoms with van der Waals surface area (Å²) >= 11 is 0. The van der Waals surface area contributed by atoms with Crippen LogP contribution in [0.5, 0.6) is 5.88 Å². The number of nitrogens with zero attached hydrogens (tertiary/aromatic N) is 3. The van der Waals surface area contributed by atoms with Gasteiger partial charge in [-0.1, -0.05) is 0 Å². The molecule has 0 saturated carbocycles. The number of alkyl halides is 3. The predicted molar refractivity (Wildman–Crippen MR) is 105 cm³/mol. The van der Waals surface area contributed by atoms with Gasteiger partial charge in [-0.05, 0) is 25.0 Å². The summed E-state index contributed by atoms with van der Waals surface area (Å²) < 4.78 is 42.7. The van der Waals surface area contributed by atoms with Crippen molar-refractivity contribution < 1.29 is 17.9 Å². The summed E-state index contributed by atoms with van der Waals surface area (Å²) in [5, 5.41) is 6.33. The zero-order valence-electron chi connectivity index (χ0n) is 14.8. The van der Waals surface area contributed by atoms with Gasteiger partial charge in [0.25, 0.3) is 0 Å². The number of aliphatic imine (C=N–C) groups is 1. The molecule has 1 aromatic rings. The quantitative estimate of drug-likeness (QED) is 0.367. The van der Waals surface area contributed by atoms with Crippen LogP contribution in [-0.4, -0.2) is 61.4 Å². The molecule has 0 bridgehead atoms. The Morgan fingerprint density at radius 2 is 2.23 bits per heavy atom. The third-order valence-corrected chi connectivity index (χ3v) is 3.79. The summed E-state index contributed by atoms with van der Waals surface area (Å²) in [7, 11) is 1.63. The van der Waals surface area contributed by atoms with Crippen molar-refractivity contribution in [2.45, 2.75) is 32.1 Å². The van der Waals surface area contributed by atoms with Gasteiger partial charge in [-0.3, -0.25) is 9.89 Å². The number of hydrogen-bond acceptors (Lipinski definition) is 4. The number of halogens is 4. The van der Waals surface area contributed by atoms with E-state index in [9.17, 15) is 13.2 Å². The maximum absolute atomic E-state index is 12.4. The van der Waals surface area contributed by atoms with Gasteiger partial charge in [-0.2, -0.15) is 13.2 Å². The highest BCUT2D eigenvalue weighted by Crippen LogP contribution is 2.19. The molecule has 1 fully saturated rings. The largest absolute Gasteiger partial charge is 0.478 e. The Balaban J connectivity index is 0.00000338. The molecule has 1 aliphatic rings. The Morgan fingerprint density at radius 1 is 1.46 bits per heavy atom. The van der Waals surface area contributed by atoms with E-state index >= 15 is 0 Å². The first kappa shape index (κ1) is 22.7. The lowest BCUT2D eigenvalue weighted by Gasteiger charge is -2.20. The van der Waals surface area contributed by atoms with Crippen molar-refractivity contribution in [2.75, 3.05) is 33.3 Å². The minimum atomic E-state index is -4.16. The maximum Gasteiger partial charge on any atom is 0.401 e. The molecular formula is C16H25F3IN5O. The highest BCUT2D eigenvalue weighted by Gasteiger charge is 2.34.